The maximum atomic E-state index is 14.4. The van der Waals surface area contributed by atoms with Crippen molar-refractivity contribution in [3.05, 3.63) is 49.6 Å². The molecule has 1 aromatic carbocycles. The second kappa shape index (κ2) is 12.6. The monoisotopic (exact) mass is 583 g/mol. The quantitative estimate of drug-likeness (QED) is 0.275. The highest BCUT2D eigenvalue weighted by atomic mass is 32.2. The number of ether oxygens (including phenoxy) is 1. The number of thioether (sulfide) groups is 1. The lowest BCUT2D eigenvalue weighted by Crippen LogP contribution is -2.58. The van der Waals surface area contributed by atoms with Gasteiger partial charge in [0.15, 0.2) is 0 Å². The van der Waals surface area contributed by atoms with Gasteiger partial charge in [0, 0.05) is 42.7 Å². The molecule has 0 aliphatic carbocycles. The van der Waals surface area contributed by atoms with E-state index in [9.17, 15) is 19.5 Å². The number of aliphatic hydroxyl groups is 1. The summed E-state index contributed by atoms with van der Waals surface area (Å²) in [5.74, 6) is -0.699. The summed E-state index contributed by atoms with van der Waals surface area (Å²) >= 11 is 1.68. The van der Waals surface area contributed by atoms with Gasteiger partial charge in [-0.3, -0.25) is 14.4 Å². The van der Waals surface area contributed by atoms with Crippen LogP contribution in [-0.4, -0.2) is 87.1 Å². The number of hydrogen-bond donors (Lipinski definition) is 1. The van der Waals surface area contributed by atoms with Gasteiger partial charge in [-0.15, -0.1) is 24.9 Å². The van der Waals surface area contributed by atoms with E-state index in [2.05, 4.69) is 13.2 Å². The molecule has 2 bridgehead atoms. The van der Waals surface area contributed by atoms with Gasteiger partial charge < -0.3 is 24.5 Å². The Balaban J connectivity index is 1.72. The summed E-state index contributed by atoms with van der Waals surface area (Å²) in [5, 5.41) is 9.39. The van der Waals surface area contributed by atoms with Crippen LogP contribution in [0.5, 0.6) is 5.75 Å². The Morgan fingerprint density at radius 3 is 2.41 bits per heavy atom. The average molecular weight is 584 g/mol. The van der Waals surface area contributed by atoms with Crippen molar-refractivity contribution in [1.29, 1.82) is 0 Å². The molecule has 2 unspecified atom stereocenters. The van der Waals surface area contributed by atoms with E-state index in [4.69, 9.17) is 4.74 Å². The Labute approximate surface area is 248 Å². The molecule has 1 spiro atoms. The van der Waals surface area contributed by atoms with Crippen LogP contribution >= 0.6 is 11.8 Å². The van der Waals surface area contributed by atoms with Crippen LogP contribution in [0.1, 0.15) is 53.4 Å². The summed E-state index contributed by atoms with van der Waals surface area (Å²) in [4.78, 5) is 48.4. The number of nitrogens with zero attached hydrogens (tertiary/aromatic N) is 3. The zero-order chi connectivity index (χ0) is 29.9. The summed E-state index contributed by atoms with van der Waals surface area (Å²) in [5.41, 5.74) is 0.257. The minimum atomic E-state index is -0.665. The highest BCUT2D eigenvalue weighted by Gasteiger charge is 2.74. The van der Waals surface area contributed by atoms with Crippen LogP contribution in [0.4, 0.5) is 5.69 Å². The zero-order valence-corrected chi connectivity index (χ0v) is 25.7. The number of hydrogen-bond acceptors (Lipinski definition) is 6. The molecule has 4 rings (SSSR count). The molecule has 0 saturated carbocycles. The normalized spacial score (nSPS) is 26.6. The summed E-state index contributed by atoms with van der Waals surface area (Å²) in [7, 11) is 0. The van der Waals surface area contributed by atoms with Gasteiger partial charge in [-0.2, -0.15) is 0 Å². The van der Waals surface area contributed by atoms with Gasteiger partial charge in [-0.25, -0.2) is 0 Å². The molecule has 3 aliphatic rings. The van der Waals surface area contributed by atoms with Crippen molar-refractivity contribution in [3.63, 3.8) is 0 Å². The van der Waals surface area contributed by atoms with Crippen LogP contribution in [0.3, 0.4) is 0 Å². The van der Waals surface area contributed by atoms with Gasteiger partial charge >= 0.3 is 0 Å². The maximum absolute atomic E-state index is 14.4. The first kappa shape index (κ1) is 31.2. The fourth-order valence-electron chi connectivity index (χ4n) is 6.84. The number of fused-ring (bicyclic) bond motifs is 1. The molecule has 3 amide bonds. The van der Waals surface area contributed by atoms with E-state index >= 15 is 0 Å². The molecule has 3 aliphatic heterocycles. The fraction of sp³-hybridized carbons (Fsp3) is 0.594. The number of benzene rings is 1. The first-order valence-corrected chi connectivity index (χ1v) is 15.6. The van der Waals surface area contributed by atoms with E-state index in [1.54, 1.807) is 38.6 Å². The van der Waals surface area contributed by atoms with Crippen molar-refractivity contribution in [1.82, 2.24) is 9.80 Å². The van der Waals surface area contributed by atoms with Crippen LogP contribution in [0, 0.1) is 11.8 Å². The fourth-order valence-corrected chi connectivity index (χ4v) is 9.05. The lowest BCUT2D eigenvalue weighted by atomic mass is 9.70. The van der Waals surface area contributed by atoms with Gasteiger partial charge in [0.2, 0.25) is 17.7 Å². The Morgan fingerprint density at radius 1 is 1.15 bits per heavy atom. The van der Waals surface area contributed by atoms with Gasteiger partial charge in [0.1, 0.15) is 11.8 Å². The number of rotatable bonds is 13. The summed E-state index contributed by atoms with van der Waals surface area (Å²) < 4.78 is 4.92. The molecule has 0 radical (unpaired) electrons. The van der Waals surface area contributed by atoms with E-state index < -0.39 is 28.2 Å². The van der Waals surface area contributed by atoms with Crippen LogP contribution in [0.2, 0.25) is 0 Å². The molecule has 41 heavy (non-hydrogen) atoms. The predicted molar refractivity (Wildman–Crippen MR) is 164 cm³/mol. The molecule has 5 atom stereocenters. The average Bonchev–Trinajstić information content (AvgIpc) is 3.57. The zero-order valence-electron chi connectivity index (χ0n) is 24.9. The number of amides is 3. The van der Waals surface area contributed by atoms with Crippen LogP contribution in [0.25, 0.3) is 0 Å². The van der Waals surface area contributed by atoms with Gasteiger partial charge in [-0.05, 0) is 77.6 Å². The topological polar surface area (TPSA) is 90.4 Å². The molecule has 0 aromatic heterocycles. The number of likely N-dealkylation sites (tertiary alicyclic amines) is 1. The third-order valence-corrected chi connectivity index (χ3v) is 10.5. The second-order valence-electron chi connectivity index (χ2n) is 12.1. The molecule has 3 heterocycles. The summed E-state index contributed by atoms with van der Waals surface area (Å²) in [6.07, 6.45) is 6.05. The molecule has 1 aromatic rings. The van der Waals surface area contributed by atoms with Crippen molar-refractivity contribution in [2.75, 3.05) is 37.7 Å². The third kappa shape index (κ3) is 5.67. The molecular formula is C32H45N3O5S. The number of unbranched alkanes of at least 4 members (excludes halogenated alkanes) is 1. The van der Waals surface area contributed by atoms with Gasteiger partial charge in [0.25, 0.3) is 0 Å². The first-order chi connectivity index (χ1) is 19.5. The van der Waals surface area contributed by atoms with E-state index in [-0.39, 0.29) is 29.6 Å². The lowest BCUT2D eigenvalue weighted by Gasteiger charge is -2.42. The predicted octanol–water partition coefficient (Wildman–Crippen LogP) is 4.28. The van der Waals surface area contributed by atoms with Crippen molar-refractivity contribution < 1.29 is 24.2 Å². The number of carbonyl (C=O) groups is 3. The molecule has 224 valence electrons. The minimum absolute atomic E-state index is 0.0241. The third-order valence-electron chi connectivity index (χ3n) is 8.55. The van der Waals surface area contributed by atoms with Gasteiger partial charge in [-0.1, -0.05) is 12.2 Å². The highest BCUT2D eigenvalue weighted by molar-refractivity contribution is 8.02. The minimum Gasteiger partial charge on any atom is -0.494 e. The van der Waals surface area contributed by atoms with E-state index in [0.29, 0.717) is 45.5 Å². The SMILES string of the molecule is C=CCN(C(=O)[C@@H]1[C@H]2C(=O)N(CCCCO)C(C(=O)N(CC=C)C(C)(C)C)C23CC[C@H]1S3)c1ccc(OCC)cc1. The van der Waals surface area contributed by atoms with Crippen molar-refractivity contribution in [3.8, 4) is 5.75 Å². The summed E-state index contributed by atoms with van der Waals surface area (Å²) in [6.45, 7) is 17.3. The van der Waals surface area contributed by atoms with Crippen LogP contribution < -0.4 is 9.64 Å². The second-order valence-corrected chi connectivity index (χ2v) is 13.7. The lowest BCUT2D eigenvalue weighted by molar-refractivity contribution is -0.145. The van der Waals surface area contributed by atoms with Gasteiger partial charge in [0.05, 0.1) is 23.2 Å². The largest absolute Gasteiger partial charge is 0.494 e. The van der Waals surface area contributed by atoms with Crippen LogP contribution in [0.15, 0.2) is 49.6 Å². The van der Waals surface area contributed by atoms with E-state index in [1.165, 1.54) is 0 Å². The smallest absolute Gasteiger partial charge is 0.247 e. The Bertz CT molecular complexity index is 1150. The van der Waals surface area contributed by atoms with Crippen molar-refractivity contribution in [2.24, 2.45) is 11.8 Å². The Morgan fingerprint density at radius 2 is 1.83 bits per heavy atom. The number of carbonyl (C=O) groups excluding carboxylic acids is 3. The molecule has 3 saturated heterocycles. The molecule has 8 nitrogen and oxygen atoms in total. The molecule has 1 N–H and O–H groups in total. The molecule has 9 heteroatoms. The van der Waals surface area contributed by atoms with Crippen molar-refractivity contribution in [2.45, 2.75) is 75.0 Å². The standard InChI is InChI=1S/C32H45N3O5S/c1-7-18-33(22-12-14-23(15-13-22)40-9-3)28(37)25-24-16-17-32(41-24)26(25)29(38)34(20-10-11-21-36)27(32)30(39)35(19-8-2)31(4,5)6/h7-8,12-15,24-27,36H,1-2,9-11,16-21H2,3-6H3/t24-,25+,26+,27?,32?/m1/s1. The van der Waals surface area contributed by atoms with E-state index in [0.717, 1.165) is 17.9 Å². The Kier molecular flexibility index (Phi) is 9.59. The van der Waals surface area contributed by atoms with Crippen LogP contribution in [-0.2, 0) is 14.4 Å². The van der Waals surface area contributed by atoms with E-state index in [1.807, 2.05) is 52.0 Å². The Hall–Kier alpha value is -2.78. The molecule has 3 fully saturated rings. The maximum Gasteiger partial charge on any atom is 0.247 e. The number of aliphatic hydroxyl groups excluding tert-OH is 1. The van der Waals surface area contributed by atoms with Crippen molar-refractivity contribution >= 4 is 35.2 Å². The first-order valence-electron chi connectivity index (χ1n) is 14.7. The molecular weight excluding hydrogens is 538 g/mol. The highest BCUT2D eigenvalue weighted by Crippen LogP contribution is 2.67. The summed E-state index contributed by atoms with van der Waals surface area (Å²) in [6, 6.07) is 6.76. The number of anilines is 1.